The molecule has 1 aromatic heterocycles. The Balaban J connectivity index is 1.11. The van der Waals surface area contributed by atoms with Gasteiger partial charge in [0.25, 0.3) is 5.91 Å². The molecule has 2 spiro atoms. The molecule has 2 heterocycles. The molecule has 0 radical (unpaired) electrons. The Bertz CT molecular complexity index is 1140. The van der Waals surface area contributed by atoms with Crippen molar-refractivity contribution in [2.24, 2.45) is 17.3 Å². The topological polar surface area (TPSA) is 76.0 Å². The molecule has 186 valence electrons. The predicted molar refractivity (Wildman–Crippen MR) is 141 cm³/mol. The van der Waals surface area contributed by atoms with Crippen molar-refractivity contribution < 1.29 is 4.79 Å². The van der Waals surface area contributed by atoms with Crippen LogP contribution in [-0.2, 0) is 6.54 Å². The molecule has 1 aromatic carbocycles. The number of pyridine rings is 1. The van der Waals surface area contributed by atoms with Crippen molar-refractivity contribution in [3.05, 3.63) is 58.9 Å². The zero-order chi connectivity index (χ0) is 24.4. The molecule has 1 amide bonds. The van der Waals surface area contributed by atoms with E-state index in [1.54, 1.807) is 0 Å². The van der Waals surface area contributed by atoms with Crippen LogP contribution in [0.2, 0.25) is 0 Å². The maximum absolute atomic E-state index is 13.0. The zero-order valence-electron chi connectivity index (χ0n) is 21.7. The highest BCUT2D eigenvalue weighted by molar-refractivity contribution is 6.03. The molecule has 3 saturated carbocycles. The summed E-state index contributed by atoms with van der Waals surface area (Å²) in [5.41, 5.74) is 5.94. The SMILES string of the molecule is CNCc1ccc(C(=O)Nc2cccc([C@H](C)CC3NC34C(C)C43CCC(C)C3)c2)nc1C1CC1. The Morgan fingerprint density at radius 1 is 1.20 bits per heavy atom. The van der Waals surface area contributed by atoms with Gasteiger partial charge >= 0.3 is 0 Å². The number of carbonyl (C=O) groups excluding carboxylic acids is 1. The third kappa shape index (κ3) is 3.82. The summed E-state index contributed by atoms with van der Waals surface area (Å²) in [4.78, 5) is 17.8. The molecule has 4 fully saturated rings. The number of rotatable bonds is 8. The number of anilines is 1. The second kappa shape index (κ2) is 8.41. The van der Waals surface area contributed by atoms with Crippen LogP contribution in [0.5, 0.6) is 0 Å². The molecule has 6 rings (SSSR count). The lowest BCUT2D eigenvalue weighted by Gasteiger charge is -2.14. The van der Waals surface area contributed by atoms with Crippen molar-refractivity contribution in [3.8, 4) is 0 Å². The van der Waals surface area contributed by atoms with E-state index in [1.807, 2.05) is 19.2 Å². The Morgan fingerprint density at radius 2 is 2.03 bits per heavy atom. The minimum atomic E-state index is -0.125. The van der Waals surface area contributed by atoms with Crippen LogP contribution in [-0.4, -0.2) is 29.5 Å². The first-order chi connectivity index (χ1) is 16.9. The van der Waals surface area contributed by atoms with Crippen molar-refractivity contribution in [2.75, 3.05) is 12.4 Å². The zero-order valence-corrected chi connectivity index (χ0v) is 21.7. The molecule has 1 saturated heterocycles. The standard InChI is InChI=1S/C30H40N4O/c1-18-12-13-29(16-18)20(3)30(29)26(34-30)14-19(2)22-6-5-7-24(15-22)32-28(35)25-11-10-23(17-31-4)27(33-25)21-8-9-21/h5-7,10-11,15,18-21,26,31,34H,8-9,12-14,16-17H2,1-4H3,(H,32,35)/t18?,19-,20?,26?,29?,30?/m1/s1. The highest BCUT2D eigenvalue weighted by Crippen LogP contribution is 2.78. The van der Waals surface area contributed by atoms with Crippen LogP contribution in [0.3, 0.4) is 0 Å². The fourth-order valence-electron chi connectivity index (χ4n) is 7.64. The maximum Gasteiger partial charge on any atom is 0.274 e. The lowest BCUT2D eigenvalue weighted by atomic mass is 9.91. The number of hydrogen-bond acceptors (Lipinski definition) is 4. The van der Waals surface area contributed by atoms with Gasteiger partial charge in [-0.05, 0) is 91.6 Å². The van der Waals surface area contributed by atoms with Crippen LogP contribution in [0.25, 0.3) is 0 Å². The van der Waals surface area contributed by atoms with Crippen LogP contribution < -0.4 is 16.0 Å². The van der Waals surface area contributed by atoms with E-state index in [0.29, 0.717) is 34.5 Å². The smallest absolute Gasteiger partial charge is 0.274 e. The first kappa shape index (κ1) is 23.2. The third-order valence-corrected chi connectivity index (χ3v) is 9.81. The first-order valence-electron chi connectivity index (χ1n) is 13.7. The number of amides is 1. The summed E-state index contributed by atoms with van der Waals surface area (Å²) in [5.74, 6) is 2.53. The highest BCUT2D eigenvalue weighted by Gasteiger charge is 2.85. The van der Waals surface area contributed by atoms with Gasteiger partial charge in [0.15, 0.2) is 0 Å². The second-order valence-electron chi connectivity index (χ2n) is 12.1. The number of benzene rings is 1. The van der Waals surface area contributed by atoms with Crippen molar-refractivity contribution >= 4 is 11.6 Å². The number of carbonyl (C=O) groups is 1. The molecule has 5 unspecified atom stereocenters. The molecule has 3 aliphatic carbocycles. The molecule has 3 N–H and O–H groups in total. The monoisotopic (exact) mass is 472 g/mol. The second-order valence-corrected chi connectivity index (χ2v) is 12.1. The first-order valence-corrected chi connectivity index (χ1v) is 13.7. The summed E-state index contributed by atoms with van der Waals surface area (Å²) in [7, 11) is 1.95. The summed E-state index contributed by atoms with van der Waals surface area (Å²) in [6.45, 7) is 8.01. The van der Waals surface area contributed by atoms with E-state index < -0.39 is 0 Å². The molecule has 35 heavy (non-hydrogen) atoms. The van der Waals surface area contributed by atoms with E-state index in [9.17, 15) is 4.79 Å². The predicted octanol–water partition coefficient (Wildman–Crippen LogP) is 5.59. The molecular formula is C30H40N4O. The van der Waals surface area contributed by atoms with Gasteiger partial charge in [0.1, 0.15) is 5.69 Å². The van der Waals surface area contributed by atoms with E-state index in [-0.39, 0.29) is 5.91 Å². The average Bonchev–Trinajstić information content (AvgIpc) is 3.80. The third-order valence-electron chi connectivity index (χ3n) is 9.81. The molecule has 6 atom stereocenters. The van der Waals surface area contributed by atoms with Crippen LogP contribution in [0, 0.1) is 17.3 Å². The van der Waals surface area contributed by atoms with Gasteiger partial charge in [0, 0.05) is 35.4 Å². The van der Waals surface area contributed by atoms with Gasteiger partial charge in [-0.2, -0.15) is 0 Å². The molecule has 5 heteroatoms. The van der Waals surface area contributed by atoms with E-state index in [1.165, 1.54) is 43.2 Å². The van der Waals surface area contributed by atoms with Crippen LogP contribution >= 0.6 is 0 Å². The summed E-state index contributed by atoms with van der Waals surface area (Å²) < 4.78 is 0. The maximum atomic E-state index is 13.0. The van der Waals surface area contributed by atoms with Gasteiger partial charge < -0.3 is 16.0 Å². The van der Waals surface area contributed by atoms with Gasteiger partial charge in [-0.1, -0.05) is 45.4 Å². The average molecular weight is 473 g/mol. The Kier molecular flexibility index (Phi) is 5.57. The van der Waals surface area contributed by atoms with Gasteiger partial charge in [0.05, 0.1) is 0 Å². The molecule has 1 aliphatic heterocycles. The summed E-state index contributed by atoms with van der Waals surface area (Å²) >= 11 is 0. The van der Waals surface area contributed by atoms with E-state index in [4.69, 9.17) is 4.98 Å². The van der Waals surface area contributed by atoms with Gasteiger partial charge in [-0.3, -0.25) is 4.79 Å². The fourth-order valence-corrected chi connectivity index (χ4v) is 7.64. The van der Waals surface area contributed by atoms with Crippen molar-refractivity contribution in [1.82, 2.24) is 15.6 Å². The van der Waals surface area contributed by atoms with E-state index in [2.05, 4.69) is 61.0 Å². The van der Waals surface area contributed by atoms with Crippen LogP contribution in [0.15, 0.2) is 36.4 Å². The van der Waals surface area contributed by atoms with Crippen LogP contribution in [0.1, 0.15) is 98.4 Å². The van der Waals surface area contributed by atoms with Gasteiger partial charge in [0.2, 0.25) is 0 Å². The lowest BCUT2D eigenvalue weighted by Crippen LogP contribution is -2.16. The van der Waals surface area contributed by atoms with Crippen molar-refractivity contribution in [3.63, 3.8) is 0 Å². The number of nitrogens with one attached hydrogen (secondary N) is 3. The number of nitrogens with zero attached hydrogens (tertiary/aromatic N) is 1. The molecular weight excluding hydrogens is 432 g/mol. The van der Waals surface area contributed by atoms with Crippen LogP contribution in [0.4, 0.5) is 5.69 Å². The summed E-state index contributed by atoms with van der Waals surface area (Å²) in [6.07, 6.45) is 7.71. The Morgan fingerprint density at radius 3 is 2.74 bits per heavy atom. The number of hydrogen-bond donors (Lipinski definition) is 3. The summed E-state index contributed by atoms with van der Waals surface area (Å²) in [6, 6.07) is 13.0. The lowest BCUT2D eigenvalue weighted by molar-refractivity contribution is 0.102. The van der Waals surface area contributed by atoms with E-state index >= 15 is 0 Å². The van der Waals surface area contributed by atoms with Crippen molar-refractivity contribution in [1.29, 1.82) is 0 Å². The molecule has 0 bridgehead atoms. The molecule has 5 nitrogen and oxygen atoms in total. The fraction of sp³-hybridized carbons (Fsp3) is 0.600. The minimum Gasteiger partial charge on any atom is -0.321 e. The Labute approximate surface area is 209 Å². The van der Waals surface area contributed by atoms with Gasteiger partial charge in [-0.25, -0.2) is 4.98 Å². The van der Waals surface area contributed by atoms with E-state index in [0.717, 1.165) is 36.2 Å². The molecule has 4 aliphatic rings. The minimum absolute atomic E-state index is 0.125. The normalized spacial score (nSPS) is 33.8. The number of aromatic nitrogens is 1. The highest BCUT2D eigenvalue weighted by atomic mass is 16.1. The quantitative estimate of drug-likeness (QED) is 0.438. The summed E-state index contributed by atoms with van der Waals surface area (Å²) in [5, 5.41) is 10.3. The Hall–Kier alpha value is -2.24. The largest absolute Gasteiger partial charge is 0.321 e. The van der Waals surface area contributed by atoms with Crippen molar-refractivity contribution in [2.45, 2.75) is 89.3 Å². The molecule has 2 aromatic rings. The number of fused-ring (bicyclic) bond motifs is 1. The van der Waals surface area contributed by atoms with Gasteiger partial charge in [-0.15, -0.1) is 0 Å².